The third kappa shape index (κ3) is 1.93. The second-order valence-electron chi connectivity index (χ2n) is 3.73. The van der Waals surface area contributed by atoms with E-state index in [2.05, 4.69) is 25.9 Å². The van der Waals surface area contributed by atoms with E-state index in [1.165, 1.54) is 0 Å². The molecule has 0 aliphatic heterocycles. The van der Waals surface area contributed by atoms with E-state index in [0.717, 1.165) is 5.69 Å². The van der Waals surface area contributed by atoms with E-state index >= 15 is 0 Å². The van der Waals surface area contributed by atoms with Gasteiger partial charge in [0.25, 0.3) is 0 Å². The van der Waals surface area contributed by atoms with Gasteiger partial charge in [0, 0.05) is 11.6 Å². The van der Waals surface area contributed by atoms with Crippen LogP contribution in [0.2, 0.25) is 5.02 Å². The van der Waals surface area contributed by atoms with Crippen molar-refractivity contribution in [2.75, 3.05) is 0 Å². The lowest BCUT2D eigenvalue weighted by Crippen LogP contribution is -2.13. The first-order valence-corrected chi connectivity index (χ1v) is 4.66. The van der Waals surface area contributed by atoms with E-state index in [0.29, 0.717) is 11.0 Å². The molecule has 1 rings (SSSR count). The monoisotopic (exact) mass is 206 g/mol. The van der Waals surface area contributed by atoms with Crippen LogP contribution in [0.4, 0.5) is 0 Å². The quantitative estimate of drug-likeness (QED) is 0.647. The van der Waals surface area contributed by atoms with Gasteiger partial charge in [0.1, 0.15) is 6.00 Å². The normalized spacial score (nSPS) is 12.1. The molecule has 0 aliphatic carbocycles. The molecule has 12 heavy (non-hydrogen) atoms. The highest BCUT2D eigenvalue weighted by molar-refractivity contribution is 6.31. The largest absolute Gasteiger partial charge is 0.256 e. The van der Waals surface area contributed by atoms with E-state index in [1.807, 2.05) is 0 Å². The fraction of sp³-hybridized carbons (Fsp3) is 0.625. The molecule has 2 nitrogen and oxygen atoms in total. The first kappa shape index (κ1) is 9.87. The number of halogens is 2. The number of alkyl halides is 1. The minimum atomic E-state index is -0.0195. The topological polar surface area (TPSA) is 17.8 Å². The summed E-state index contributed by atoms with van der Waals surface area (Å²) >= 11 is 11.6. The van der Waals surface area contributed by atoms with Gasteiger partial charge in [0.2, 0.25) is 0 Å². The third-order valence-electron chi connectivity index (χ3n) is 1.55. The Morgan fingerprint density at radius 2 is 2.08 bits per heavy atom. The second kappa shape index (κ2) is 3.27. The van der Waals surface area contributed by atoms with E-state index in [4.69, 9.17) is 23.2 Å². The standard InChI is InChI=1S/C8H12Cl2N2/c1-8(2,3)7-6(10)4-12(5-9)11-7/h4H,5H2,1-3H3. The molecule has 0 saturated heterocycles. The highest BCUT2D eigenvalue weighted by Gasteiger charge is 2.20. The Morgan fingerprint density at radius 3 is 2.33 bits per heavy atom. The fourth-order valence-electron chi connectivity index (χ4n) is 0.967. The first-order valence-electron chi connectivity index (χ1n) is 3.74. The van der Waals surface area contributed by atoms with Crippen molar-refractivity contribution in [3.63, 3.8) is 0 Å². The molecule has 0 fully saturated rings. The Labute approximate surface area is 82.5 Å². The summed E-state index contributed by atoms with van der Waals surface area (Å²) in [6, 6.07) is 0.343. The molecule has 0 aliphatic rings. The molecule has 0 unspecified atom stereocenters. The Kier molecular flexibility index (Phi) is 2.69. The van der Waals surface area contributed by atoms with E-state index in [9.17, 15) is 0 Å². The highest BCUT2D eigenvalue weighted by atomic mass is 35.5. The molecular weight excluding hydrogens is 195 g/mol. The van der Waals surface area contributed by atoms with Crippen LogP contribution in [0.3, 0.4) is 0 Å². The molecule has 0 saturated carbocycles. The number of nitrogens with zero attached hydrogens (tertiary/aromatic N) is 2. The van der Waals surface area contributed by atoms with Crippen LogP contribution in [0.1, 0.15) is 26.5 Å². The zero-order valence-electron chi connectivity index (χ0n) is 7.43. The van der Waals surface area contributed by atoms with Crippen LogP contribution in [0.15, 0.2) is 6.20 Å². The molecule has 0 radical (unpaired) electrons. The number of aromatic nitrogens is 2. The van der Waals surface area contributed by atoms with Crippen molar-refractivity contribution in [1.82, 2.24) is 9.78 Å². The van der Waals surface area contributed by atoms with Gasteiger partial charge in [-0.15, -0.1) is 11.6 Å². The molecular formula is C8H12Cl2N2. The predicted molar refractivity (Wildman–Crippen MR) is 51.8 cm³/mol. The van der Waals surface area contributed by atoms with Gasteiger partial charge in [-0.3, -0.25) is 4.68 Å². The summed E-state index contributed by atoms with van der Waals surface area (Å²) in [5.41, 5.74) is 0.874. The lowest BCUT2D eigenvalue weighted by molar-refractivity contribution is 0.551. The molecule has 0 aromatic carbocycles. The molecule has 0 spiro atoms. The van der Waals surface area contributed by atoms with Crippen molar-refractivity contribution in [3.05, 3.63) is 16.9 Å². The number of hydrogen-bond acceptors (Lipinski definition) is 1. The van der Waals surface area contributed by atoms with E-state index < -0.39 is 0 Å². The van der Waals surface area contributed by atoms with E-state index in [1.54, 1.807) is 10.9 Å². The van der Waals surface area contributed by atoms with Crippen LogP contribution in [0.25, 0.3) is 0 Å². The fourth-order valence-corrected chi connectivity index (χ4v) is 1.52. The molecule has 1 aromatic rings. The summed E-state index contributed by atoms with van der Waals surface area (Å²) in [5.74, 6) is 0. The molecule has 0 N–H and O–H groups in total. The minimum absolute atomic E-state index is 0.0195. The number of rotatable bonds is 1. The van der Waals surface area contributed by atoms with Gasteiger partial charge in [-0.1, -0.05) is 32.4 Å². The number of hydrogen-bond donors (Lipinski definition) is 0. The maximum atomic E-state index is 5.97. The predicted octanol–water partition coefficient (Wildman–Crippen LogP) is 3.03. The summed E-state index contributed by atoms with van der Waals surface area (Å²) in [6.45, 7) is 6.21. The summed E-state index contributed by atoms with van der Waals surface area (Å²) < 4.78 is 1.63. The van der Waals surface area contributed by atoms with Gasteiger partial charge in [0.05, 0.1) is 10.7 Å². The van der Waals surface area contributed by atoms with Gasteiger partial charge in [-0.2, -0.15) is 5.10 Å². The Morgan fingerprint density at radius 1 is 1.50 bits per heavy atom. The minimum Gasteiger partial charge on any atom is -0.256 e. The van der Waals surface area contributed by atoms with Gasteiger partial charge >= 0.3 is 0 Å². The molecule has 1 heterocycles. The summed E-state index contributed by atoms with van der Waals surface area (Å²) in [6.07, 6.45) is 1.75. The van der Waals surface area contributed by atoms with Gasteiger partial charge in [0.15, 0.2) is 0 Å². The maximum Gasteiger partial charge on any atom is 0.115 e. The van der Waals surface area contributed by atoms with Crippen molar-refractivity contribution in [1.29, 1.82) is 0 Å². The molecule has 4 heteroatoms. The summed E-state index contributed by atoms with van der Waals surface area (Å²) in [5, 5.41) is 4.94. The SMILES string of the molecule is CC(C)(C)c1nn(CCl)cc1Cl. The van der Waals surface area contributed by atoms with Gasteiger partial charge in [-0.05, 0) is 0 Å². The molecule has 1 aromatic heterocycles. The Hall–Kier alpha value is -0.210. The average Bonchev–Trinajstić information content (AvgIpc) is 2.29. The summed E-state index contributed by atoms with van der Waals surface area (Å²) in [7, 11) is 0. The molecule has 0 atom stereocenters. The zero-order chi connectivity index (χ0) is 9.35. The average molecular weight is 207 g/mol. The van der Waals surface area contributed by atoms with Crippen LogP contribution in [0, 0.1) is 0 Å². The lowest BCUT2D eigenvalue weighted by Gasteiger charge is -2.15. The molecule has 0 bridgehead atoms. The van der Waals surface area contributed by atoms with Crippen LogP contribution in [-0.2, 0) is 11.4 Å². The molecule has 0 amide bonds. The van der Waals surface area contributed by atoms with Crippen LogP contribution < -0.4 is 0 Å². The maximum absolute atomic E-state index is 5.97. The second-order valence-corrected chi connectivity index (χ2v) is 4.38. The Balaban J connectivity index is 3.08. The molecule has 68 valence electrons. The van der Waals surface area contributed by atoms with Gasteiger partial charge in [-0.25, -0.2) is 0 Å². The van der Waals surface area contributed by atoms with Crippen LogP contribution >= 0.6 is 23.2 Å². The zero-order valence-corrected chi connectivity index (χ0v) is 8.95. The summed E-state index contributed by atoms with van der Waals surface area (Å²) in [4.78, 5) is 0. The van der Waals surface area contributed by atoms with Crippen LogP contribution in [-0.4, -0.2) is 9.78 Å². The first-order chi connectivity index (χ1) is 5.45. The smallest absolute Gasteiger partial charge is 0.115 e. The van der Waals surface area contributed by atoms with Crippen LogP contribution in [0.5, 0.6) is 0 Å². The van der Waals surface area contributed by atoms with Crippen molar-refractivity contribution >= 4 is 23.2 Å². The van der Waals surface area contributed by atoms with Crippen molar-refractivity contribution in [3.8, 4) is 0 Å². The lowest BCUT2D eigenvalue weighted by atomic mass is 9.93. The Bertz CT molecular complexity index is 273. The van der Waals surface area contributed by atoms with E-state index in [-0.39, 0.29) is 5.41 Å². The highest BCUT2D eigenvalue weighted by Crippen LogP contribution is 2.27. The van der Waals surface area contributed by atoms with Crippen molar-refractivity contribution in [2.45, 2.75) is 32.2 Å². The van der Waals surface area contributed by atoms with Crippen molar-refractivity contribution in [2.24, 2.45) is 0 Å². The third-order valence-corrected chi connectivity index (χ3v) is 2.07. The van der Waals surface area contributed by atoms with Crippen molar-refractivity contribution < 1.29 is 0 Å². The van der Waals surface area contributed by atoms with Gasteiger partial charge < -0.3 is 0 Å².